The third kappa shape index (κ3) is 2.37. The van der Waals surface area contributed by atoms with Gasteiger partial charge in [-0.2, -0.15) is 0 Å². The van der Waals surface area contributed by atoms with Gasteiger partial charge in [0.15, 0.2) is 0 Å². The lowest BCUT2D eigenvalue weighted by Crippen LogP contribution is -1.94. The van der Waals surface area contributed by atoms with Crippen LogP contribution in [0.3, 0.4) is 0 Å². The zero-order chi connectivity index (χ0) is 15.0. The number of ether oxygens (including phenoxy) is 1. The van der Waals surface area contributed by atoms with Crippen LogP contribution in [0.4, 0.5) is 0 Å². The molecule has 0 fully saturated rings. The van der Waals surface area contributed by atoms with Crippen molar-refractivity contribution >= 4 is 17.2 Å². The Morgan fingerprint density at radius 2 is 2.10 bits per heavy atom. The molecule has 2 heterocycles. The second-order valence-corrected chi connectivity index (χ2v) is 5.26. The van der Waals surface area contributed by atoms with Gasteiger partial charge in [-0.05, 0) is 42.8 Å². The fraction of sp³-hybridized carbons (Fsp3) is 0.188. The van der Waals surface area contributed by atoms with Crippen molar-refractivity contribution in [3.63, 3.8) is 0 Å². The summed E-state index contributed by atoms with van der Waals surface area (Å²) in [6.07, 6.45) is 1.76. The van der Waals surface area contributed by atoms with E-state index in [0.29, 0.717) is 5.02 Å². The molecule has 0 amide bonds. The first-order valence-electron chi connectivity index (χ1n) is 6.56. The Bertz CT molecular complexity index is 811. The van der Waals surface area contributed by atoms with Crippen LogP contribution in [0.5, 0.6) is 5.75 Å². The number of aliphatic hydroxyl groups is 1. The van der Waals surface area contributed by atoms with E-state index in [0.717, 1.165) is 33.9 Å². The summed E-state index contributed by atoms with van der Waals surface area (Å²) in [5, 5.41) is 10.3. The standard InChI is InChI=1S/C16H15ClN2O2/c1-10-7-11(3-5-14(10)21-2)16-13(9-20)19-8-12(17)4-6-15(19)18-16/h3-8,20H,9H2,1-2H3. The number of aromatic nitrogens is 2. The summed E-state index contributed by atoms with van der Waals surface area (Å²) in [6.45, 7) is 1.87. The number of fused-ring (bicyclic) bond motifs is 1. The monoisotopic (exact) mass is 302 g/mol. The number of halogens is 1. The van der Waals surface area contributed by atoms with Crippen molar-refractivity contribution in [2.75, 3.05) is 7.11 Å². The van der Waals surface area contributed by atoms with E-state index in [1.54, 1.807) is 19.4 Å². The summed E-state index contributed by atoms with van der Waals surface area (Å²) in [6, 6.07) is 9.47. The summed E-state index contributed by atoms with van der Waals surface area (Å²) in [5.74, 6) is 0.830. The molecule has 4 nitrogen and oxygen atoms in total. The second kappa shape index (κ2) is 5.39. The number of benzene rings is 1. The number of hydrogen-bond donors (Lipinski definition) is 1. The van der Waals surface area contributed by atoms with Crippen LogP contribution in [0.25, 0.3) is 16.9 Å². The molecule has 108 valence electrons. The molecule has 0 saturated heterocycles. The molecule has 0 aliphatic carbocycles. The molecule has 0 radical (unpaired) electrons. The quantitative estimate of drug-likeness (QED) is 0.806. The van der Waals surface area contributed by atoms with E-state index < -0.39 is 0 Å². The van der Waals surface area contributed by atoms with Crippen LogP contribution in [0, 0.1) is 6.92 Å². The summed E-state index contributed by atoms with van der Waals surface area (Å²) in [5.41, 5.74) is 4.20. The van der Waals surface area contributed by atoms with E-state index in [4.69, 9.17) is 16.3 Å². The number of aryl methyl sites for hydroxylation is 1. The van der Waals surface area contributed by atoms with Gasteiger partial charge < -0.3 is 9.84 Å². The topological polar surface area (TPSA) is 46.8 Å². The fourth-order valence-electron chi connectivity index (χ4n) is 2.48. The molecule has 0 saturated carbocycles. The van der Waals surface area contributed by atoms with Crippen molar-refractivity contribution < 1.29 is 9.84 Å². The Morgan fingerprint density at radius 1 is 1.29 bits per heavy atom. The van der Waals surface area contributed by atoms with E-state index in [1.165, 1.54) is 0 Å². The number of aliphatic hydroxyl groups excluding tert-OH is 1. The predicted molar refractivity (Wildman–Crippen MR) is 82.8 cm³/mol. The number of methoxy groups -OCH3 is 1. The number of nitrogens with zero attached hydrogens (tertiary/aromatic N) is 2. The van der Waals surface area contributed by atoms with Crippen LogP contribution < -0.4 is 4.74 Å². The van der Waals surface area contributed by atoms with Gasteiger partial charge in [-0.3, -0.25) is 4.40 Å². The second-order valence-electron chi connectivity index (χ2n) is 4.83. The maximum absolute atomic E-state index is 9.70. The van der Waals surface area contributed by atoms with Crippen LogP contribution in [0.2, 0.25) is 5.02 Å². The molecule has 0 atom stereocenters. The van der Waals surface area contributed by atoms with Crippen LogP contribution in [0.15, 0.2) is 36.5 Å². The van der Waals surface area contributed by atoms with Crippen molar-refractivity contribution in [2.45, 2.75) is 13.5 Å². The molecule has 5 heteroatoms. The van der Waals surface area contributed by atoms with Gasteiger partial charge in [-0.25, -0.2) is 4.98 Å². The molecule has 0 bridgehead atoms. The lowest BCUT2D eigenvalue weighted by molar-refractivity contribution is 0.276. The van der Waals surface area contributed by atoms with Crippen molar-refractivity contribution in [3.8, 4) is 17.0 Å². The summed E-state index contributed by atoms with van der Waals surface area (Å²) in [4.78, 5) is 4.59. The van der Waals surface area contributed by atoms with Gasteiger partial charge >= 0.3 is 0 Å². The molecular formula is C16H15ClN2O2. The van der Waals surface area contributed by atoms with Gasteiger partial charge in [0.2, 0.25) is 0 Å². The van der Waals surface area contributed by atoms with Crippen LogP contribution in [0.1, 0.15) is 11.3 Å². The lowest BCUT2D eigenvalue weighted by atomic mass is 10.1. The van der Waals surface area contributed by atoms with Gasteiger partial charge in [0.1, 0.15) is 11.4 Å². The van der Waals surface area contributed by atoms with Gasteiger partial charge in [0.05, 0.1) is 30.1 Å². The first-order valence-corrected chi connectivity index (χ1v) is 6.94. The van der Waals surface area contributed by atoms with Crippen molar-refractivity contribution in [3.05, 3.63) is 52.8 Å². The Hall–Kier alpha value is -2.04. The van der Waals surface area contributed by atoms with Crippen LogP contribution in [-0.2, 0) is 6.61 Å². The average molecular weight is 303 g/mol. The molecule has 0 aliphatic rings. The number of hydrogen-bond acceptors (Lipinski definition) is 3. The number of imidazole rings is 1. The summed E-state index contributed by atoms with van der Waals surface area (Å²) >= 11 is 6.02. The molecule has 0 aliphatic heterocycles. The molecule has 0 unspecified atom stereocenters. The molecule has 1 aromatic carbocycles. The summed E-state index contributed by atoms with van der Waals surface area (Å²) in [7, 11) is 1.65. The molecular weight excluding hydrogens is 288 g/mol. The number of pyridine rings is 1. The largest absolute Gasteiger partial charge is 0.496 e. The minimum atomic E-state index is -0.109. The zero-order valence-electron chi connectivity index (χ0n) is 11.8. The van der Waals surface area contributed by atoms with E-state index >= 15 is 0 Å². The molecule has 21 heavy (non-hydrogen) atoms. The Labute approximate surface area is 127 Å². The van der Waals surface area contributed by atoms with Gasteiger partial charge in [-0.15, -0.1) is 0 Å². The highest BCUT2D eigenvalue weighted by Gasteiger charge is 2.14. The highest BCUT2D eigenvalue weighted by Crippen LogP contribution is 2.29. The maximum atomic E-state index is 9.70. The molecule has 3 aromatic rings. The highest BCUT2D eigenvalue weighted by atomic mass is 35.5. The van der Waals surface area contributed by atoms with Crippen LogP contribution >= 0.6 is 11.6 Å². The van der Waals surface area contributed by atoms with E-state index in [9.17, 15) is 5.11 Å². The average Bonchev–Trinajstić information content (AvgIpc) is 2.84. The Balaban J connectivity index is 2.22. The molecule has 0 spiro atoms. The molecule has 2 aromatic heterocycles. The Kier molecular flexibility index (Phi) is 3.57. The minimum absolute atomic E-state index is 0.109. The SMILES string of the molecule is COc1ccc(-c2nc3ccc(Cl)cn3c2CO)cc1C. The highest BCUT2D eigenvalue weighted by molar-refractivity contribution is 6.30. The third-order valence-corrected chi connectivity index (χ3v) is 3.72. The van der Waals surface area contributed by atoms with Gasteiger partial charge in [0, 0.05) is 11.8 Å². The van der Waals surface area contributed by atoms with E-state index in [-0.39, 0.29) is 6.61 Å². The summed E-state index contributed by atoms with van der Waals surface area (Å²) < 4.78 is 7.09. The Morgan fingerprint density at radius 3 is 2.76 bits per heavy atom. The first kappa shape index (κ1) is 13.9. The smallest absolute Gasteiger partial charge is 0.137 e. The number of rotatable bonds is 3. The minimum Gasteiger partial charge on any atom is -0.496 e. The first-order chi connectivity index (χ1) is 10.1. The maximum Gasteiger partial charge on any atom is 0.137 e. The predicted octanol–water partition coefficient (Wildman–Crippen LogP) is 3.46. The van der Waals surface area contributed by atoms with Gasteiger partial charge in [0.25, 0.3) is 0 Å². The van der Waals surface area contributed by atoms with E-state index in [1.807, 2.05) is 35.6 Å². The lowest BCUT2D eigenvalue weighted by Gasteiger charge is -2.07. The van der Waals surface area contributed by atoms with Crippen LogP contribution in [-0.4, -0.2) is 21.6 Å². The van der Waals surface area contributed by atoms with Crippen molar-refractivity contribution in [1.29, 1.82) is 0 Å². The van der Waals surface area contributed by atoms with Gasteiger partial charge in [-0.1, -0.05) is 11.6 Å². The normalized spacial score (nSPS) is 11.0. The fourth-order valence-corrected chi connectivity index (χ4v) is 2.64. The van der Waals surface area contributed by atoms with Crippen molar-refractivity contribution in [1.82, 2.24) is 9.38 Å². The molecule has 3 rings (SSSR count). The van der Waals surface area contributed by atoms with E-state index in [2.05, 4.69) is 4.98 Å². The molecule has 1 N–H and O–H groups in total. The zero-order valence-corrected chi connectivity index (χ0v) is 12.6. The third-order valence-electron chi connectivity index (χ3n) is 3.50. The van der Waals surface area contributed by atoms with Crippen molar-refractivity contribution in [2.24, 2.45) is 0 Å².